The first-order valence-electron chi connectivity index (χ1n) is 15.2. The number of likely N-dealkylation sites (tertiary alicyclic amines) is 1. The van der Waals surface area contributed by atoms with Gasteiger partial charge >= 0.3 is 6.09 Å². The van der Waals surface area contributed by atoms with Crippen molar-refractivity contribution in [2.24, 2.45) is 5.73 Å². The van der Waals surface area contributed by atoms with E-state index in [9.17, 15) is 38.7 Å². The Morgan fingerprint density at radius 1 is 1.11 bits per heavy atom. The second kappa shape index (κ2) is 15.2. The Morgan fingerprint density at radius 3 is 2.33 bits per heavy atom. The molecule has 3 rings (SSSR count). The second-order valence-corrected chi connectivity index (χ2v) is 11.7. The lowest BCUT2D eigenvalue weighted by Gasteiger charge is -2.41. The topological polar surface area (TPSA) is 206 Å². The highest BCUT2D eigenvalue weighted by atomic mass is 16.5. The summed E-state index contributed by atoms with van der Waals surface area (Å²) < 4.78 is 5.15. The molecule has 14 nitrogen and oxygen atoms in total. The maximum atomic E-state index is 14.3. The fourth-order valence-electron chi connectivity index (χ4n) is 6.02. The number of methoxy groups -OCH3 is 1. The van der Waals surface area contributed by atoms with Crippen molar-refractivity contribution < 1.29 is 43.4 Å². The van der Waals surface area contributed by atoms with E-state index in [1.165, 1.54) is 32.8 Å². The Labute approximate surface area is 262 Å². The summed E-state index contributed by atoms with van der Waals surface area (Å²) in [7, 11) is 1.20. The molecule has 2 fully saturated rings. The van der Waals surface area contributed by atoms with Gasteiger partial charge in [-0.15, -0.1) is 0 Å². The number of unbranched alkanes of at least 4 members (excludes halogenated alkanes) is 1. The fraction of sp³-hybridized carbons (Fsp3) is 0.581. The van der Waals surface area contributed by atoms with Crippen LogP contribution in [0.2, 0.25) is 0 Å². The highest BCUT2D eigenvalue weighted by Crippen LogP contribution is 2.37. The number of carbonyl (C=O) groups is 7. The zero-order chi connectivity index (χ0) is 33.5. The standard InChI is InChI=1S/C31H43N5O9/c1-18(2)36(30(43)44)31(24(37)17-23(45-4)26(31)39)25(38)22-14-10-16-35(22)29(42)21(34-27(40)19(3)32)13-8-9-15-33-28(41)20-11-6-5-7-12-20/h5-7,11-12,18-19,21-23H,8-10,13-17,32H2,1-4H3,(H,33,41)(H,34,40)(H,43,44)/t19-,21-,22-,23?,31?/m0/s1. The molecule has 0 bridgehead atoms. The van der Waals surface area contributed by atoms with Crippen LogP contribution in [0, 0.1) is 0 Å². The molecule has 5 atom stereocenters. The molecule has 1 saturated carbocycles. The minimum absolute atomic E-state index is 0.0911. The first kappa shape index (κ1) is 35.3. The molecule has 14 heteroatoms. The van der Waals surface area contributed by atoms with E-state index in [2.05, 4.69) is 10.6 Å². The summed E-state index contributed by atoms with van der Waals surface area (Å²) in [5.74, 6) is -4.33. The number of ether oxygens (including phenoxy) is 1. The summed E-state index contributed by atoms with van der Waals surface area (Å²) >= 11 is 0. The number of amides is 4. The third kappa shape index (κ3) is 7.39. The maximum Gasteiger partial charge on any atom is 0.409 e. The van der Waals surface area contributed by atoms with Gasteiger partial charge in [0.25, 0.3) is 5.91 Å². The summed E-state index contributed by atoms with van der Waals surface area (Å²) in [6.45, 7) is 4.76. The van der Waals surface area contributed by atoms with Crippen LogP contribution < -0.4 is 16.4 Å². The van der Waals surface area contributed by atoms with E-state index in [-0.39, 0.29) is 25.3 Å². The zero-order valence-corrected chi connectivity index (χ0v) is 26.1. The quantitative estimate of drug-likeness (QED) is 0.167. The molecule has 1 heterocycles. The summed E-state index contributed by atoms with van der Waals surface area (Å²) in [5, 5.41) is 15.5. The molecule has 0 radical (unpaired) electrons. The Balaban J connectivity index is 1.83. The predicted molar refractivity (Wildman–Crippen MR) is 161 cm³/mol. The van der Waals surface area contributed by atoms with E-state index in [1.54, 1.807) is 30.3 Å². The van der Waals surface area contributed by atoms with Crippen LogP contribution in [0.3, 0.4) is 0 Å². The van der Waals surface area contributed by atoms with E-state index >= 15 is 0 Å². The number of nitrogens with zero attached hydrogens (tertiary/aromatic N) is 2. The lowest BCUT2D eigenvalue weighted by atomic mass is 9.82. The van der Waals surface area contributed by atoms with Gasteiger partial charge in [0.15, 0.2) is 11.6 Å². The Bertz CT molecular complexity index is 1300. The van der Waals surface area contributed by atoms with Crippen molar-refractivity contribution in [3.05, 3.63) is 35.9 Å². The van der Waals surface area contributed by atoms with Crippen molar-refractivity contribution in [2.75, 3.05) is 20.2 Å². The van der Waals surface area contributed by atoms with E-state index in [0.29, 0.717) is 36.3 Å². The molecule has 0 aromatic heterocycles. The molecule has 1 aromatic carbocycles. The first-order valence-corrected chi connectivity index (χ1v) is 15.2. The van der Waals surface area contributed by atoms with Crippen molar-refractivity contribution >= 4 is 41.2 Å². The molecule has 0 spiro atoms. The van der Waals surface area contributed by atoms with Gasteiger partial charge in [0, 0.05) is 38.2 Å². The highest BCUT2D eigenvalue weighted by Gasteiger charge is 2.67. The number of Topliss-reactive ketones (excluding diaryl/α,β-unsaturated/α-hetero) is 3. The number of carboxylic acid groups (broad SMARTS) is 1. The maximum absolute atomic E-state index is 14.3. The summed E-state index contributed by atoms with van der Waals surface area (Å²) in [5.41, 5.74) is 3.57. The van der Waals surface area contributed by atoms with Crippen LogP contribution in [-0.2, 0) is 28.7 Å². The average molecular weight is 630 g/mol. The van der Waals surface area contributed by atoms with Crippen LogP contribution in [0.4, 0.5) is 4.79 Å². The van der Waals surface area contributed by atoms with Crippen molar-refractivity contribution in [3.63, 3.8) is 0 Å². The molecule has 5 N–H and O–H groups in total. The average Bonchev–Trinajstić information content (AvgIpc) is 3.59. The monoisotopic (exact) mass is 629 g/mol. The van der Waals surface area contributed by atoms with Crippen molar-refractivity contribution in [2.45, 2.75) is 95.1 Å². The minimum Gasteiger partial charge on any atom is -0.465 e. The second-order valence-electron chi connectivity index (χ2n) is 11.7. The molecule has 1 saturated heterocycles. The lowest BCUT2D eigenvalue weighted by Crippen LogP contribution is -2.70. The van der Waals surface area contributed by atoms with Gasteiger partial charge in [-0.2, -0.15) is 0 Å². The third-order valence-electron chi connectivity index (χ3n) is 8.26. The number of nitrogens with two attached hydrogens (primary N) is 1. The summed E-state index contributed by atoms with van der Waals surface area (Å²) in [6, 6.07) is 4.42. The molecule has 1 aliphatic heterocycles. The Hall–Kier alpha value is -4.17. The van der Waals surface area contributed by atoms with E-state index in [4.69, 9.17) is 10.5 Å². The largest absolute Gasteiger partial charge is 0.465 e. The third-order valence-corrected chi connectivity index (χ3v) is 8.26. The van der Waals surface area contributed by atoms with Gasteiger partial charge in [0.1, 0.15) is 12.1 Å². The normalized spacial score (nSPS) is 22.7. The molecule has 1 aromatic rings. The predicted octanol–water partition coefficient (Wildman–Crippen LogP) is 0.663. The van der Waals surface area contributed by atoms with E-state index in [0.717, 1.165) is 0 Å². The molecule has 4 amide bonds. The van der Waals surface area contributed by atoms with E-state index < -0.39 is 77.5 Å². The van der Waals surface area contributed by atoms with Gasteiger partial charge < -0.3 is 31.1 Å². The van der Waals surface area contributed by atoms with Gasteiger partial charge in [-0.3, -0.25) is 33.7 Å². The molecule has 246 valence electrons. The van der Waals surface area contributed by atoms with Crippen molar-refractivity contribution in [3.8, 4) is 0 Å². The molecule has 45 heavy (non-hydrogen) atoms. The fourth-order valence-corrected chi connectivity index (χ4v) is 6.02. The molecular formula is C31H43N5O9. The van der Waals surface area contributed by atoms with Crippen molar-refractivity contribution in [1.29, 1.82) is 0 Å². The lowest BCUT2D eigenvalue weighted by molar-refractivity contribution is -0.154. The molecular weight excluding hydrogens is 586 g/mol. The van der Waals surface area contributed by atoms with Gasteiger partial charge in [0.2, 0.25) is 23.1 Å². The number of benzene rings is 1. The smallest absolute Gasteiger partial charge is 0.409 e. The van der Waals surface area contributed by atoms with Crippen LogP contribution in [-0.4, -0.2) is 112 Å². The number of rotatable bonds is 14. The highest BCUT2D eigenvalue weighted by molar-refractivity contribution is 6.36. The van der Waals surface area contributed by atoms with Gasteiger partial charge in [0.05, 0.1) is 12.1 Å². The minimum atomic E-state index is -2.67. The van der Waals surface area contributed by atoms with Gasteiger partial charge in [-0.1, -0.05) is 18.2 Å². The molecule has 1 aliphatic carbocycles. The SMILES string of the molecule is COC1CC(=O)C(C(=O)[C@@H]2CCCN2C(=O)[C@H](CCCCNC(=O)c2ccccc2)NC(=O)[C@H](C)N)(N(C(=O)O)C(C)C)C1=O. The van der Waals surface area contributed by atoms with Gasteiger partial charge in [-0.25, -0.2) is 4.79 Å². The van der Waals surface area contributed by atoms with Crippen LogP contribution in [0.15, 0.2) is 30.3 Å². The summed E-state index contributed by atoms with van der Waals surface area (Å²) in [4.78, 5) is 94.4. The molecule has 2 aliphatic rings. The number of carbonyl (C=O) groups excluding carboxylic acids is 6. The first-order chi connectivity index (χ1) is 21.3. The molecule has 2 unspecified atom stereocenters. The van der Waals surface area contributed by atoms with Crippen LogP contribution in [0.25, 0.3) is 0 Å². The number of nitrogens with one attached hydrogen (secondary N) is 2. The number of ketones is 3. The van der Waals surface area contributed by atoms with Gasteiger partial charge in [-0.05, 0) is 65.0 Å². The Morgan fingerprint density at radius 2 is 1.78 bits per heavy atom. The van der Waals surface area contributed by atoms with E-state index in [1.807, 2.05) is 0 Å². The zero-order valence-electron chi connectivity index (χ0n) is 26.1. The summed E-state index contributed by atoms with van der Waals surface area (Å²) in [6.07, 6.45) is -1.94. The Kier molecular flexibility index (Phi) is 11.9. The van der Waals surface area contributed by atoms with Crippen molar-refractivity contribution in [1.82, 2.24) is 20.4 Å². The van der Waals surface area contributed by atoms with Crippen LogP contribution in [0.1, 0.15) is 69.7 Å². The number of hydrogen-bond acceptors (Lipinski definition) is 9. The van der Waals surface area contributed by atoms with Crippen LogP contribution in [0.5, 0.6) is 0 Å². The van der Waals surface area contributed by atoms with Crippen LogP contribution >= 0.6 is 0 Å². The number of hydrogen-bond donors (Lipinski definition) is 4.